The third-order valence-electron chi connectivity index (χ3n) is 2.58. The molecule has 1 aromatic heterocycles. The van der Waals surface area contributed by atoms with Gasteiger partial charge in [-0.25, -0.2) is 4.98 Å². The average Bonchev–Trinajstić information content (AvgIpc) is 2.82. The van der Waals surface area contributed by atoms with Crippen molar-refractivity contribution in [2.45, 2.75) is 24.9 Å². The predicted octanol–water partition coefficient (Wildman–Crippen LogP) is -0.570. The molecule has 1 fully saturated rings. The van der Waals surface area contributed by atoms with Gasteiger partial charge in [0.15, 0.2) is 0 Å². The van der Waals surface area contributed by atoms with Crippen LogP contribution in [0.1, 0.15) is 18.7 Å². The van der Waals surface area contributed by atoms with Crippen LogP contribution < -0.4 is 5.32 Å². The number of nitrogens with one attached hydrogen (secondary N) is 1. The van der Waals surface area contributed by atoms with Crippen molar-refractivity contribution >= 4 is 0 Å². The number of rotatable bonds is 4. The van der Waals surface area contributed by atoms with Gasteiger partial charge in [-0.15, -0.1) is 0 Å². The van der Waals surface area contributed by atoms with Crippen LogP contribution in [0.3, 0.4) is 0 Å². The second-order valence-corrected chi connectivity index (χ2v) is 3.59. The summed E-state index contributed by atoms with van der Waals surface area (Å²) in [6.07, 6.45) is 3.65. The average molecular weight is 182 g/mol. The lowest BCUT2D eigenvalue weighted by Gasteiger charge is -2.12. The van der Waals surface area contributed by atoms with E-state index in [-0.39, 0.29) is 12.1 Å². The van der Waals surface area contributed by atoms with Crippen molar-refractivity contribution in [3.05, 3.63) is 12.2 Å². The number of hydrogen-bond acceptors (Lipinski definition) is 4. The Labute approximate surface area is 76.8 Å². The monoisotopic (exact) mass is 182 g/mol. The molecule has 5 heteroatoms. The van der Waals surface area contributed by atoms with E-state index in [4.69, 9.17) is 5.11 Å². The van der Waals surface area contributed by atoms with Crippen LogP contribution in [0.5, 0.6) is 0 Å². The van der Waals surface area contributed by atoms with Crippen molar-refractivity contribution in [1.29, 1.82) is 0 Å². The van der Waals surface area contributed by atoms with Crippen LogP contribution >= 0.6 is 0 Å². The Hall–Kier alpha value is -0.940. The van der Waals surface area contributed by atoms with E-state index in [1.165, 1.54) is 6.33 Å². The summed E-state index contributed by atoms with van der Waals surface area (Å²) in [6.45, 7) is 0.891. The Morgan fingerprint density at radius 3 is 2.92 bits per heavy atom. The van der Waals surface area contributed by atoms with Gasteiger partial charge < -0.3 is 10.4 Å². The highest BCUT2D eigenvalue weighted by atomic mass is 16.3. The SMILES string of the molecule is Cn1ncnc1CNC1(CO)CC1. The fraction of sp³-hybridized carbons (Fsp3) is 0.750. The van der Waals surface area contributed by atoms with E-state index in [1.807, 2.05) is 7.05 Å². The largest absolute Gasteiger partial charge is 0.394 e. The molecule has 0 unspecified atom stereocenters. The summed E-state index contributed by atoms with van der Waals surface area (Å²) in [5.41, 5.74) is -0.0219. The first kappa shape index (κ1) is 8.65. The molecule has 0 aliphatic heterocycles. The van der Waals surface area contributed by atoms with E-state index in [0.29, 0.717) is 6.54 Å². The molecule has 2 N–H and O–H groups in total. The molecule has 72 valence electrons. The molecule has 0 aromatic carbocycles. The minimum atomic E-state index is -0.0219. The molecular formula is C8H14N4O. The maximum absolute atomic E-state index is 9.05. The van der Waals surface area contributed by atoms with Crippen molar-refractivity contribution < 1.29 is 5.11 Å². The first-order valence-electron chi connectivity index (χ1n) is 4.44. The lowest BCUT2D eigenvalue weighted by Crippen LogP contribution is -2.34. The summed E-state index contributed by atoms with van der Waals surface area (Å²) >= 11 is 0. The zero-order valence-electron chi connectivity index (χ0n) is 7.69. The Balaban J connectivity index is 1.90. The van der Waals surface area contributed by atoms with Crippen molar-refractivity contribution in [2.24, 2.45) is 7.05 Å². The molecule has 1 heterocycles. The molecule has 5 nitrogen and oxygen atoms in total. The van der Waals surface area contributed by atoms with Crippen LogP contribution in [-0.4, -0.2) is 32.0 Å². The van der Waals surface area contributed by atoms with Crippen LogP contribution in [-0.2, 0) is 13.6 Å². The molecule has 13 heavy (non-hydrogen) atoms. The Morgan fingerprint density at radius 2 is 2.46 bits per heavy atom. The smallest absolute Gasteiger partial charge is 0.140 e. The highest BCUT2D eigenvalue weighted by molar-refractivity contribution is 5.02. The minimum absolute atomic E-state index is 0.0219. The topological polar surface area (TPSA) is 63.0 Å². The van der Waals surface area contributed by atoms with Gasteiger partial charge in [-0.1, -0.05) is 0 Å². The zero-order chi connectivity index (χ0) is 9.31. The quantitative estimate of drug-likeness (QED) is 0.654. The van der Waals surface area contributed by atoms with E-state index in [0.717, 1.165) is 18.7 Å². The fourth-order valence-electron chi connectivity index (χ4n) is 1.29. The lowest BCUT2D eigenvalue weighted by molar-refractivity contribution is 0.228. The second-order valence-electron chi connectivity index (χ2n) is 3.59. The van der Waals surface area contributed by atoms with E-state index in [2.05, 4.69) is 15.4 Å². The fourth-order valence-corrected chi connectivity index (χ4v) is 1.29. The van der Waals surface area contributed by atoms with Crippen LogP contribution in [0.4, 0.5) is 0 Å². The van der Waals surface area contributed by atoms with Crippen LogP contribution in [0.15, 0.2) is 6.33 Å². The van der Waals surface area contributed by atoms with Crippen molar-refractivity contribution in [3.8, 4) is 0 Å². The Kier molecular flexibility index (Phi) is 2.05. The number of aliphatic hydroxyl groups excluding tert-OH is 1. The van der Waals surface area contributed by atoms with Crippen LogP contribution in [0, 0.1) is 0 Å². The molecule has 1 saturated carbocycles. The maximum Gasteiger partial charge on any atom is 0.140 e. The summed E-state index contributed by atoms with van der Waals surface area (Å²) in [5.74, 6) is 0.903. The van der Waals surface area contributed by atoms with Gasteiger partial charge in [-0.05, 0) is 12.8 Å². The molecular weight excluding hydrogens is 168 g/mol. The van der Waals surface area contributed by atoms with Gasteiger partial charge in [0.05, 0.1) is 13.2 Å². The summed E-state index contributed by atoms with van der Waals surface area (Å²) < 4.78 is 1.74. The van der Waals surface area contributed by atoms with E-state index >= 15 is 0 Å². The summed E-state index contributed by atoms with van der Waals surface area (Å²) in [5, 5.41) is 16.3. The summed E-state index contributed by atoms with van der Waals surface area (Å²) in [6, 6.07) is 0. The molecule has 2 rings (SSSR count). The van der Waals surface area contributed by atoms with E-state index in [1.54, 1.807) is 4.68 Å². The van der Waals surface area contributed by atoms with Crippen molar-refractivity contribution in [1.82, 2.24) is 20.1 Å². The summed E-state index contributed by atoms with van der Waals surface area (Å²) in [4.78, 5) is 4.09. The highest BCUT2D eigenvalue weighted by Crippen LogP contribution is 2.34. The van der Waals surface area contributed by atoms with Crippen molar-refractivity contribution in [3.63, 3.8) is 0 Å². The van der Waals surface area contributed by atoms with Crippen LogP contribution in [0.2, 0.25) is 0 Å². The van der Waals surface area contributed by atoms with Gasteiger partial charge in [-0.2, -0.15) is 5.10 Å². The normalized spacial score (nSPS) is 18.9. The number of aryl methyl sites for hydroxylation is 1. The van der Waals surface area contributed by atoms with Gasteiger partial charge in [0.25, 0.3) is 0 Å². The van der Waals surface area contributed by atoms with Gasteiger partial charge in [0.2, 0.25) is 0 Å². The third-order valence-corrected chi connectivity index (χ3v) is 2.58. The zero-order valence-corrected chi connectivity index (χ0v) is 7.69. The first-order chi connectivity index (χ1) is 6.26. The molecule has 0 spiro atoms. The lowest BCUT2D eigenvalue weighted by atomic mass is 10.3. The molecule has 1 aliphatic rings. The van der Waals surface area contributed by atoms with E-state index < -0.39 is 0 Å². The number of nitrogens with zero attached hydrogens (tertiary/aromatic N) is 3. The van der Waals surface area contributed by atoms with E-state index in [9.17, 15) is 0 Å². The third kappa shape index (κ3) is 1.71. The standard InChI is InChI=1S/C8H14N4O/c1-12-7(9-6-11-12)4-10-8(5-13)2-3-8/h6,10,13H,2-5H2,1H3. The number of aromatic nitrogens is 3. The number of hydrogen-bond donors (Lipinski definition) is 2. The molecule has 1 aromatic rings. The molecule has 0 radical (unpaired) electrons. The second kappa shape index (κ2) is 3.08. The van der Waals surface area contributed by atoms with Gasteiger partial charge in [-0.3, -0.25) is 4.68 Å². The first-order valence-corrected chi connectivity index (χ1v) is 4.44. The maximum atomic E-state index is 9.05. The number of aliphatic hydroxyl groups is 1. The van der Waals surface area contributed by atoms with Crippen molar-refractivity contribution in [2.75, 3.05) is 6.61 Å². The summed E-state index contributed by atoms with van der Waals surface area (Å²) in [7, 11) is 1.86. The predicted molar refractivity (Wildman–Crippen MR) is 46.9 cm³/mol. The van der Waals surface area contributed by atoms with Gasteiger partial charge in [0, 0.05) is 12.6 Å². The molecule has 0 saturated heterocycles. The Bertz CT molecular complexity index is 292. The molecule has 0 atom stereocenters. The highest BCUT2D eigenvalue weighted by Gasteiger charge is 2.41. The Morgan fingerprint density at radius 1 is 1.69 bits per heavy atom. The van der Waals surface area contributed by atoms with Gasteiger partial charge in [0.1, 0.15) is 12.2 Å². The minimum Gasteiger partial charge on any atom is -0.394 e. The van der Waals surface area contributed by atoms with Gasteiger partial charge >= 0.3 is 0 Å². The molecule has 0 amide bonds. The molecule has 1 aliphatic carbocycles. The molecule has 0 bridgehead atoms. The van der Waals surface area contributed by atoms with Crippen LogP contribution in [0.25, 0.3) is 0 Å².